The van der Waals surface area contributed by atoms with Gasteiger partial charge in [-0.1, -0.05) is 29.8 Å². The summed E-state index contributed by atoms with van der Waals surface area (Å²) in [6, 6.07) is 14.9. The maximum atomic E-state index is 3.47. The molecule has 0 spiro atoms. The Morgan fingerprint density at radius 1 is 0.789 bits per heavy atom. The molecular weight excluding hydrogens is 232 g/mol. The van der Waals surface area contributed by atoms with Crippen molar-refractivity contribution < 1.29 is 0 Å². The molecule has 0 aromatic heterocycles. The summed E-state index contributed by atoms with van der Waals surface area (Å²) in [5.41, 5.74) is 6.35. The monoisotopic (exact) mass is 254 g/mol. The van der Waals surface area contributed by atoms with E-state index in [2.05, 4.69) is 73.9 Å². The number of benzene rings is 2. The van der Waals surface area contributed by atoms with E-state index in [1.807, 2.05) is 0 Å². The van der Waals surface area contributed by atoms with Crippen LogP contribution >= 0.6 is 0 Å². The standard InChI is InChI=1S/C17H22N2/c1-13-7-9-16(10-8-13)18-11-12-19-17-6-4-5-14(2)15(17)3/h4-10,18-19H,11-12H2,1-3H3. The second-order valence-electron chi connectivity index (χ2n) is 4.97. The van der Waals surface area contributed by atoms with Gasteiger partial charge in [-0.2, -0.15) is 0 Å². The first-order valence-corrected chi connectivity index (χ1v) is 6.77. The van der Waals surface area contributed by atoms with Crippen LogP contribution in [-0.2, 0) is 0 Å². The molecule has 0 aliphatic rings. The molecule has 19 heavy (non-hydrogen) atoms. The van der Waals surface area contributed by atoms with E-state index in [0.29, 0.717) is 0 Å². The minimum atomic E-state index is 0.913. The summed E-state index contributed by atoms with van der Waals surface area (Å²) < 4.78 is 0. The molecule has 0 aliphatic carbocycles. The summed E-state index contributed by atoms with van der Waals surface area (Å²) in [5, 5.41) is 6.89. The van der Waals surface area contributed by atoms with E-state index in [1.54, 1.807) is 0 Å². The average molecular weight is 254 g/mol. The van der Waals surface area contributed by atoms with E-state index < -0.39 is 0 Å². The summed E-state index contributed by atoms with van der Waals surface area (Å²) in [4.78, 5) is 0. The van der Waals surface area contributed by atoms with Gasteiger partial charge in [-0.25, -0.2) is 0 Å². The molecule has 0 aliphatic heterocycles. The van der Waals surface area contributed by atoms with Crippen LogP contribution in [0.15, 0.2) is 42.5 Å². The van der Waals surface area contributed by atoms with Crippen molar-refractivity contribution >= 4 is 11.4 Å². The Balaban J connectivity index is 1.81. The highest BCUT2D eigenvalue weighted by Gasteiger charge is 1.99. The number of hydrogen-bond acceptors (Lipinski definition) is 2. The topological polar surface area (TPSA) is 24.1 Å². The maximum absolute atomic E-state index is 3.47. The first-order valence-electron chi connectivity index (χ1n) is 6.77. The van der Waals surface area contributed by atoms with Gasteiger partial charge in [0.25, 0.3) is 0 Å². The van der Waals surface area contributed by atoms with Gasteiger partial charge in [-0.05, 0) is 50.1 Å². The Bertz CT molecular complexity index is 529. The van der Waals surface area contributed by atoms with Gasteiger partial charge < -0.3 is 10.6 Å². The normalized spacial score (nSPS) is 10.3. The van der Waals surface area contributed by atoms with E-state index in [-0.39, 0.29) is 0 Å². The molecule has 2 heteroatoms. The lowest BCUT2D eigenvalue weighted by Gasteiger charge is -2.12. The fourth-order valence-electron chi connectivity index (χ4n) is 2.02. The van der Waals surface area contributed by atoms with Crippen LogP contribution in [0.25, 0.3) is 0 Å². The predicted octanol–water partition coefficient (Wildman–Crippen LogP) is 4.14. The van der Waals surface area contributed by atoms with Gasteiger partial charge in [-0.15, -0.1) is 0 Å². The molecule has 0 bridgehead atoms. The van der Waals surface area contributed by atoms with Crippen LogP contribution in [0.3, 0.4) is 0 Å². The molecule has 0 unspecified atom stereocenters. The Labute approximate surface area is 115 Å². The molecular formula is C17H22N2. The Morgan fingerprint density at radius 3 is 2.21 bits per heavy atom. The highest BCUT2D eigenvalue weighted by atomic mass is 14.9. The van der Waals surface area contributed by atoms with Gasteiger partial charge >= 0.3 is 0 Å². The molecule has 2 nitrogen and oxygen atoms in total. The van der Waals surface area contributed by atoms with E-state index in [0.717, 1.165) is 13.1 Å². The van der Waals surface area contributed by atoms with Gasteiger partial charge in [0.15, 0.2) is 0 Å². The third kappa shape index (κ3) is 3.75. The molecule has 0 amide bonds. The fraction of sp³-hybridized carbons (Fsp3) is 0.294. The average Bonchev–Trinajstić information content (AvgIpc) is 2.41. The molecule has 2 aromatic carbocycles. The minimum absolute atomic E-state index is 0.913. The molecule has 2 aromatic rings. The van der Waals surface area contributed by atoms with Crippen LogP contribution in [0.1, 0.15) is 16.7 Å². The number of anilines is 2. The Morgan fingerprint density at radius 2 is 1.47 bits per heavy atom. The van der Waals surface area contributed by atoms with Crippen LogP contribution in [0, 0.1) is 20.8 Å². The Hall–Kier alpha value is -1.96. The lowest BCUT2D eigenvalue weighted by Crippen LogP contribution is -2.14. The van der Waals surface area contributed by atoms with E-state index in [4.69, 9.17) is 0 Å². The lowest BCUT2D eigenvalue weighted by molar-refractivity contribution is 1.07. The van der Waals surface area contributed by atoms with Crippen LogP contribution < -0.4 is 10.6 Å². The third-order valence-electron chi connectivity index (χ3n) is 3.43. The maximum Gasteiger partial charge on any atom is 0.0373 e. The molecule has 0 saturated heterocycles. The zero-order valence-electron chi connectivity index (χ0n) is 12.0. The highest BCUT2D eigenvalue weighted by Crippen LogP contribution is 2.17. The second-order valence-corrected chi connectivity index (χ2v) is 4.97. The lowest BCUT2D eigenvalue weighted by atomic mass is 10.1. The quantitative estimate of drug-likeness (QED) is 0.784. The van der Waals surface area contributed by atoms with Crippen molar-refractivity contribution in [3.63, 3.8) is 0 Å². The molecule has 0 atom stereocenters. The number of hydrogen-bond donors (Lipinski definition) is 2. The largest absolute Gasteiger partial charge is 0.383 e. The SMILES string of the molecule is Cc1ccc(NCCNc2cccc(C)c2C)cc1. The Kier molecular flexibility index (Phi) is 4.45. The van der Waals surface area contributed by atoms with Crippen molar-refractivity contribution in [3.8, 4) is 0 Å². The molecule has 0 fully saturated rings. The summed E-state index contributed by atoms with van der Waals surface area (Å²) in [5.74, 6) is 0. The van der Waals surface area contributed by atoms with Crippen molar-refractivity contribution in [1.82, 2.24) is 0 Å². The molecule has 100 valence electrons. The van der Waals surface area contributed by atoms with Crippen molar-refractivity contribution in [2.24, 2.45) is 0 Å². The van der Waals surface area contributed by atoms with E-state index in [1.165, 1.54) is 28.1 Å². The van der Waals surface area contributed by atoms with Gasteiger partial charge in [0.1, 0.15) is 0 Å². The smallest absolute Gasteiger partial charge is 0.0373 e. The fourth-order valence-corrected chi connectivity index (χ4v) is 2.02. The van der Waals surface area contributed by atoms with Gasteiger partial charge in [0, 0.05) is 24.5 Å². The zero-order chi connectivity index (χ0) is 13.7. The van der Waals surface area contributed by atoms with Gasteiger partial charge in [-0.3, -0.25) is 0 Å². The summed E-state index contributed by atoms with van der Waals surface area (Å²) in [7, 11) is 0. The predicted molar refractivity (Wildman–Crippen MR) is 84.1 cm³/mol. The summed E-state index contributed by atoms with van der Waals surface area (Å²) in [6.07, 6.45) is 0. The molecule has 0 heterocycles. The van der Waals surface area contributed by atoms with Gasteiger partial charge in [0.05, 0.1) is 0 Å². The first-order chi connectivity index (χ1) is 9.16. The van der Waals surface area contributed by atoms with Crippen molar-refractivity contribution in [2.45, 2.75) is 20.8 Å². The van der Waals surface area contributed by atoms with Crippen molar-refractivity contribution in [1.29, 1.82) is 0 Å². The molecule has 2 rings (SSSR count). The summed E-state index contributed by atoms with van der Waals surface area (Å²) >= 11 is 0. The van der Waals surface area contributed by atoms with E-state index >= 15 is 0 Å². The van der Waals surface area contributed by atoms with Crippen molar-refractivity contribution in [2.75, 3.05) is 23.7 Å². The zero-order valence-corrected chi connectivity index (χ0v) is 12.0. The summed E-state index contributed by atoms with van der Waals surface area (Å²) in [6.45, 7) is 8.23. The number of rotatable bonds is 5. The minimum Gasteiger partial charge on any atom is -0.383 e. The van der Waals surface area contributed by atoms with Gasteiger partial charge in [0.2, 0.25) is 0 Å². The molecule has 0 saturated carbocycles. The molecule has 0 radical (unpaired) electrons. The third-order valence-corrected chi connectivity index (χ3v) is 3.43. The van der Waals surface area contributed by atoms with Crippen LogP contribution in [0.2, 0.25) is 0 Å². The molecule has 2 N–H and O–H groups in total. The highest BCUT2D eigenvalue weighted by molar-refractivity contribution is 5.54. The first kappa shape index (κ1) is 13.5. The number of aryl methyl sites for hydroxylation is 2. The van der Waals surface area contributed by atoms with Crippen LogP contribution in [0.5, 0.6) is 0 Å². The van der Waals surface area contributed by atoms with Crippen LogP contribution in [-0.4, -0.2) is 13.1 Å². The van der Waals surface area contributed by atoms with Crippen molar-refractivity contribution in [3.05, 3.63) is 59.2 Å². The number of nitrogens with one attached hydrogen (secondary N) is 2. The van der Waals surface area contributed by atoms with E-state index in [9.17, 15) is 0 Å². The second kappa shape index (κ2) is 6.28. The van der Waals surface area contributed by atoms with Crippen LogP contribution in [0.4, 0.5) is 11.4 Å².